The van der Waals surface area contributed by atoms with E-state index >= 15 is 0 Å². The molecule has 0 saturated carbocycles. The summed E-state index contributed by atoms with van der Waals surface area (Å²) in [4.78, 5) is 0. The van der Waals surface area contributed by atoms with Crippen molar-refractivity contribution in [2.24, 2.45) is 0 Å². The van der Waals surface area contributed by atoms with E-state index in [1.54, 1.807) is 0 Å². The number of hydrogen-bond donors (Lipinski definition) is 0. The Balaban J connectivity index is -0.00000000500. The normalized spacial score (nSPS) is 0.750. The van der Waals surface area contributed by atoms with Crippen molar-refractivity contribution in [2.75, 3.05) is 0 Å². The first kappa shape index (κ1) is 43.2. The predicted molar refractivity (Wildman–Crippen MR) is 20.7 cm³/mol. The molecule has 0 aromatic carbocycles. The van der Waals surface area contributed by atoms with Gasteiger partial charge in [0.25, 0.3) is 0 Å². The second-order valence-electron chi connectivity index (χ2n) is 0. The van der Waals surface area contributed by atoms with E-state index in [0.717, 1.165) is 0 Å². The third-order valence-electron chi connectivity index (χ3n) is 0. The van der Waals surface area contributed by atoms with E-state index in [1.807, 2.05) is 0 Å². The average Bonchev–Trinajstić information content (AvgIpc) is 1.81. The van der Waals surface area contributed by atoms with Crippen molar-refractivity contribution in [3.8, 4) is 0 Å². The van der Waals surface area contributed by atoms with E-state index in [-0.39, 0.29) is 46.8 Å². The van der Waals surface area contributed by atoms with E-state index in [9.17, 15) is 0 Å². The van der Waals surface area contributed by atoms with Crippen LogP contribution in [0.25, 0.3) is 0 Å². The first-order valence-corrected chi connectivity index (χ1v) is 0.671. The molecule has 0 fully saturated rings. The molecule has 8 heavy (non-hydrogen) atoms. The molecule has 0 rings (SSSR count). The zero-order valence-electron chi connectivity index (χ0n) is 3.59. The van der Waals surface area contributed by atoms with Crippen molar-refractivity contribution in [1.82, 2.24) is 0 Å². The Morgan fingerprint density at radius 3 is 0.625 bits per heavy atom. The largest absolute Gasteiger partial charge is 3.00 e. The van der Waals surface area contributed by atoms with Gasteiger partial charge in [0.05, 0.1) is 0 Å². The third kappa shape index (κ3) is 188000. The Hall–Kier alpha value is 0.0284. The molecule has 0 amide bonds. The summed E-state index contributed by atoms with van der Waals surface area (Å²) in [5, 5.41) is 18.8. The minimum Gasteiger partial charge on any atom is -0.512 e. The van der Waals surface area contributed by atoms with Crippen LogP contribution in [0.3, 0.4) is 0 Å². The second-order valence-corrected chi connectivity index (χ2v) is 0. The molecular formula is C3AuN3Sb. The van der Waals surface area contributed by atoms with Gasteiger partial charge in [-0.3, -0.25) is 0 Å². The van der Waals surface area contributed by atoms with Gasteiger partial charge < -0.3 is 35.5 Å². The van der Waals surface area contributed by atoms with Crippen molar-refractivity contribution in [3.05, 3.63) is 19.7 Å². The molecule has 5 heteroatoms. The summed E-state index contributed by atoms with van der Waals surface area (Å²) in [5.41, 5.74) is 0. The van der Waals surface area contributed by atoms with Crippen LogP contribution in [0.2, 0.25) is 0 Å². The molecule has 0 aliphatic heterocycles. The SMILES string of the molecule is [Au+3].[C-]#N.[C-]#N.[C-]#N.[Sb]. The van der Waals surface area contributed by atoms with Gasteiger partial charge in [0.15, 0.2) is 0 Å². The second kappa shape index (κ2) is 316000. The molecule has 0 unspecified atom stereocenters. The fourth-order valence-electron chi connectivity index (χ4n) is 0. The Morgan fingerprint density at radius 2 is 0.625 bits per heavy atom. The number of hydrogen-bond acceptors (Lipinski definition) is 3. The molecule has 0 saturated heterocycles. The van der Waals surface area contributed by atoms with Crippen LogP contribution in [0.15, 0.2) is 0 Å². The molecular weight excluding hydrogens is 397 g/mol. The van der Waals surface area contributed by atoms with Crippen LogP contribution in [-0.4, -0.2) is 24.4 Å². The molecule has 0 N–H and O–H groups in total. The molecule has 3 nitrogen and oxygen atoms in total. The quantitative estimate of drug-likeness (QED) is 0.424. The third-order valence-corrected chi connectivity index (χ3v) is 0. The fourth-order valence-corrected chi connectivity index (χ4v) is 0. The van der Waals surface area contributed by atoms with E-state index in [0.29, 0.717) is 0 Å². The van der Waals surface area contributed by atoms with E-state index in [4.69, 9.17) is 35.5 Å². The van der Waals surface area contributed by atoms with E-state index < -0.39 is 0 Å². The molecule has 3 radical (unpaired) electrons. The molecule has 0 spiro atoms. The zero-order chi connectivity index (χ0) is 6.00. The summed E-state index contributed by atoms with van der Waals surface area (Å²) in [7, 11) is 0. The summed E-state index contributed by atoms with van der Waals surface area (Å²) in [6.07, 6.45) is 0. The molecule has 0 aromatic heterocycles. The molecule has 43 valence electrons. The first-order chi connectivity index (χ1) is 3.00. The average molecular weight is 397 g/mol. The van der Waals surface area contributed by atoms with Crippen molar-refractivity contribution >= 4 is 24.4 Å². The fraction of sp³-hybridized carbons (Fsp3) is 0. The van der Waals surface area contributed by atoms with Crippen LogP contribution < -0.4 is 0 Å². The van der Waals surface area contributed by atoms with Gasteiger partial charge in [-0.15, -0.1) is 0 Å². The summed E-state index contributed by atoms with van der Waals surface area (Å²) in [6, 6.07) is 0. The number of nitrogens with zero attached hydrogens (tertiary/aromatic N) is 3. The van der Waals surface area contributed by atoms with Gasteiger partial charge in [-0.2, -0.15) is 0 Å². The summed E-state index contributed by atoms with van der Waals surface area (Å²) in [6.45, 7) is 14.2. The monoisotopic (exact) mass is 396 g/mol. The van der Waals surface area contributed by atoms with Crippen molar-refractivity contribution in [3.63, 3.8) is 0 Å². The van der Waals surface area contributed by atoms with Crippen LogP contribution >= 0.6 is 0 Å². The van der Waals surface area contributed by atoms with Gasteiger partial charge >= 0.3 is 22.4 Å². The van der Waals surface area contributed by atoms with Crippen LogP contribution in [0.1, 0.15) is 0 Å². The maximum absolute atomic E-state index is 6.25. The maximum atomic E-state index is 6.25. The van der Waals surface area contributed by atoms with E-state index in [1.165, 1.54) is 0 Å². The first-order valence-electron chi connectivity index (χ1n) is 0.671. The minimum absolute atomic E-state index is 0. The van der Waals surface area contributed by atoms with Gasteiger partial charge in [0, 0.05) is 24.4 Å². The van der Waals surface area contributed by atoms with Gasteiger partial charge in [-0.1, -0.05) is 0 Å². The van der Waals surface area contributed by atoms with Crippen molar-refractivity contribution in [2.45, 2.75) is 0 Å². The Morgan fingerprint density at radius 1 is 0.625 bits per heavy atom. The summed E-state index contributed by atoms with van der Waals surface area (Å²) < 4.78 is 0. The Kier molecular flexibility index (Phi) is 1710000. The van der Waals surface area contributed by atoms with Gasteiger partial charge in [0.1, 0.15) is 0 Å². The Labute approximate surface area is 81.9 Å². The molecule has 0 heterocycles. The van der Waals surface area contributed by atoms with Crippen molar-refractivity contribution in [1.29, 1.82) is 15.8 Å². The molecule has 0 atom stereocenters. The molecule has 0 aliphatic rings. The standard InChI is InChI=1S/3CN.Au.Sb/c3*1-2;;/q3*-1;+3;. The number of rotatable bonds is 0. The van der Waals surface area contributed by atoms with E-state index in [2.05, 4.69) is 0 Å². The molecule has 0 aliphatic carbocycles. The van der Waals surface area contributed by atoms with Crippen LogP contribution in [-0.2, 0) is 22.4 Å². The minimum atomic E-state index is 0. The Bertz CT molecular complexity index is 43.0. The van der Waals surface area contributed by atoms with Crippen LogP contribution in [0, 0.1) is 35.5 Å². The van der Waals surface area contributed by atoms with Gasteiger partial charge in [0.2, 0.25) is 0 Å². The van der Waals surface area contributed by atoms with Gasteiger partial charge in [-0.25, -0.2) is 0 Å². The van der Waals surface area contributed by atoms with Crippen LogP contribution in [0.4, 0.5) is 0 Å². The summed E-state index contributed by atoms with van der Waals surface area (Å²) >= 11 is 0. The smallest absolute Gasteiger partial charge is 0.512 e. The van der Waals surface area contributed by atoms with Crippen LogP contribution in [0.5, 0.6) is 0 Å². The molecule has 0 bridgehead atoms. The molecule has 0 aromatic rings. The predicted octanol–water partition coefficient (Wildman–Crippen LogP) is -0.0942. The van der Waals surface area contributed by atoms with Gasteiger partial charge in [-0.05, 0) is 0 Å². The summed E-state index contributed by atoms with van der Waals surface area (Å²) in [5.74, 6) is 0. The topological polar surface area (TPSA) is 71.4 Å². The maximum Gasteiger partial charge on any atom is 3.00 e. The van der Waals surface area contributed by atoms with Crippen molar-refractivity contribution < 1.29 is 22.4 Å². The zero-order valence-corrected chi connectivity index (χ0v) is 8.31.